The van der Waals surface area contributed by atoms with E-state index in [-0.39, 0.29) is 11.6 Å². The Hall–Kier alpha value is -0.470. The molecule has 0 unspecified atom stereocenters. The molecule has 0 spiro atoms. The highest BCUT2D eigenvalue weighted by Gasteiger charge is 2.40. The van der Waals surface area contributed by atoms with Crippen LogP contribution in [0.25, 0.3) is 0 Å². The van der Waals surface area contributed by atoms with Crippen molar-refractivity contribution in [3.8, 4) is 0 Å². The van der Waals surface area contributed by atoms with E-state index in [0.29, 0.717) is 25.9 Å². The van der Waals surface area contributed by atoms with Crippen LogP contribution in [0.5, 0.6) is 0 Å². The smallest absolute Gasteiger partial charge is 0.213 e. The second-order valence-electron chi connectivity index (χ2n) is 3.98. The molecule has 0 bridgehead atoms. The zero-order valence-corrected chi connectivity index (χ0v) is 11.7. The van der Waals surface area contributed by atoms with E-state index in [4.69, 9.17) is 10.9 Å². The fourth-order valence-electron chi connectivity index (χ4n) is 1.96. The summed E-state index contributed by atoms with van der Waals surface area (Å²) in [6.07, 6.45) is 3.04. The molecule has 1 saturated heterocycles. The van der Waals surface area contributed by atoms with E-state index in [9.17, 15) is 8.42 Å². The first-order chi connectivity index (χ1) is 7.91. The maximum absolute atomic E-state index is 11.7. The number of hydrogen-bond donors (Lipinski definition) is 2. The zero-order valence-electron chi connectivity index (χ0n) is 10.1. The number of thioether (sulfide) groups is 1. The minimum absolute atomic E-state index is 0.114. The summed E-state index contributed by atoms with van der Waals surface area (Å²) in [5.41, 5.74) is 5.69. The van der Waals surface area contributed by atoms with E-state index in [2.05, 4.69) is 5.16 Å². The second kappa shape index (κ2) is 5.45. The largest absolute Gasteiger partial charge is 0.409 e. The van der Waals surface area contributed by atoms with Crippen LogP contribution >= 0.6 is 11.8 Å². The first-order valence-corrected chi connectivity index (χ1v) is 8.26. The molecule has 0 aliphatic carbocycles. The Morgan fingerprint density at radius 2 is 2.06 bits per heavy atom. The van der Waals surface area contributed by atoms with Crippen LogP contribution in [0.4, 0.5) is 0 Å². The summed E-state index contributed by atoms with van der Waals surface area (Å²) in [4.78, 5) is 0. The van der Waals surface area contributed by atoms with E-state index in [1.54, 1.807) is 6.92 Å². The van der Waals surface area contributed by atoms with Gasteiger partial charge >= 0.3 is 0 Å². The van der Waals surface area contributed by atoms with Crippen molar-refractivity contribution in [2.45, 2.75) is 24.5 Å². The predicted octanol–water partition coefficient (Wildman–Crippen LogP) is 0.280. The lowest BCUT2D eigenvalue weighted by Gasteiger charge is -2.38. The molecule has 0 aromatic carbocycles. The summed E-state index contributed by atoms with van der Waals surface area (Å²) >= 11 is 1.51. The van der Waals surface area contributed by atoms with Crippen molar-refractivity contribution in [3.63, 3.8) is 0 Å². The maximum Gasteiger partial charge on any atom is 0.213 e. The van der Waals surface area contributed by atoms with Crippen molar-refractivity contribution in [1.82, 2.24) is 4.31 Å². The van der Waals surface area contributed by atoms with Crippen LogP contribution in [0.15, 0.2) is 5.16 Å². The average Bonchev–Trinajstić information content (AvgIpc) is 2.37. The van der Waals surface area contributed by atoms with Gasteiger partial charge in [-0.1, -0.05) is 5.16 Å². The van der Waals surface area contributed by atoms with Gasteiger partial charge in [0.2, 0.25) is 10.0 Å². The monoisotopic (exact) mass is 281 g/mol. The SMILES string of the molecule is CCS(=O)(=O)N1CCC(SC)(C(N)=NO)CC1. The molecule has 0 aromatic rings. The van der Waals surface area contributed by atoms with Crippen molar-refractivity contribution in [1.29, 1.82) is 0 Å². The van der Waals surface area contributed by atoms with Gasteiger partial charge in [0.05, 0.1) is 10.5 Å². The molecule has 0 radical (unpaired) electrons. The highest BCUT2D eigenvalue weighted by atomic mass is 32.2. The van der Waals surface area contributed by atoms with Gasteiger partial charge in [0.25, 0.3) is 0 Å². The predicted molar refractivity (Wildman–Crippen MR) is 69.9 cm³/mol. The van der Waals surface area contributed by atoms with Crippen LogP contribution < -0.4 is 5.73 Å². The molecule has 1 aliphatic rings. The molecular formula is C9H19N3O3S2. The number of hydrogen-bond acceptors (Lipinski definition) is 5. The molecule has 17 heavy (non-hydrogen) atoms. The maximum atomic E-state index is 11.7. The van der Waals surface area contributed by atoms with E-state index in [1.165, 1.54) is 16.1 Å². The van der Waals surface area contributed by atoms with Gasteiger partial charge in [-0.25, -0.2) is 12.7 Å². The first-order valence-electron chi connectivity index (χ1n) is 5.43. The van der Waals surface area contributed by atoms with Crippen molar-refractivity contribution < 1.29 is 13.6 Å². The van der Waals surface area contributed by atoms with Crippen LogP contribution in [0.3, 0.4) is 0 Å². The minimum atomic E-state index is -3.13. The van der Waals surface area contributed by atoms with Gasteiger partial charge in [-0.2, -0.15) is 11.8 Å². The Bertz CT molecular complexity index is 386. The number of sulfonamides is 1. The third-order valence-corrected chi connectivity index (χ3v) is 6.53. The normalized spacial score (nSPS) is 22.6. The van der Waals surface area contributed by atoms with Gasteiger partial charge in [-0.05, 0) is 26.0 Å². The summed E-state index contributed by atoms with van der Waals surface area (Å²) in [6, 6.07) is 0. The Labute approximate surface area is 106 Å². The first kappa shape index (κ1) is 14.6. The molecule has 1 aliphatic heterocycles. The number of rotatable bonds is 4. The average molecular weight is 281 g/mol. The van der Waals surface area contributed by atoms with Crippen LogP contribution in [0.1, 0.15) is 19.8 Å². The molecule has 0 saturated carbocycles. The summed E-state index contributed by atoms with van der Waals surface area (Å²) in [5, 5.41) is 11.8. The van der Waals surface area contributed by atoms with Crippen LogP contribution in [0, 0.1) is 0 Å². The third-order valence-electron chi connectivity index (χ3n) is 3.25. The van der Waals surface area contributed by atoms with Gasteiger partial charge in [0.1, 0.15) is 0 Å². The van der Waals surface area contributed by atoms with E-state index >= 15 is 0 Å². The summed E-state index contributed by atoms with van der Waals surface area (Å²) in [7, 11) is -3.13. The van der Waals surface area contributed by atoms with Crippen molar-refractivity contribution in [3.05, 3.63) is 0 Å². The zero-order chi connectivity index (χ0) is 13.1. The van der Waals surface area contributed by atoms with Crippen molar-refractivity contribution in [2.24, 2.45) is 10.9 Å². The third kappa shape index (κ3) is 2.86. The Balaban J connectivity index is 2.79. The lowest BCUT2D eigenvalue weighted by molar-refractivity contribution is 0.300. The highest BCUT2D eigenvalue weighted by molar-refractivity contribution is 8.00. The summed E-state index contributed by atoms with van der Waals surface area (Å²) in [6.45, 7) is 2.48. The molecule has 0 aromatic heterocycles. The highest BCUT2D eigenvalue weighted by Crippen LogP contribution is 2.35. The van der Waals surface area contributed by atoms with Gasteiger partial charge in [-0.15, -0.1) is 0 Å². The second-order valence-corrected chi connectivity index (χ2v) is 7.43. The number of oxime groups is 1. The van der Waals surface area contributed by atoms with E-state index < -0.39 is 14.8 Å². The quantitative estimate of drug-likeness (QED) is 0.334. The fourth-order valence-corrected chi connectivity index (χ4v) is 3.91. The number of nitrogens with zero attached hydrogens (tertiary/aromatic N) is 2. The molecular weight excluding hydrogens is 262 g/mol. The number of amidine groups is 1. The Morgan fingerprint density at radius 3 is 2.41 bits per heavy atom. The Kier molecular flexibility index (Phi) is 4.68. The van der Waals surface area contributed by atoms with Crippen molar-refractivity contribution in [2.75, 3.05) is 25.1 Å². The van der Waals surface area contributed by atoms with Crippen molar-refractivity contribution >= 4 is 27.6 Å². The molecule has 3 N–H and O–H groups in total. The molecule has 1 heterocycles. The standard InChI is InChI=1S/C9H19N3O3S2/c1-3-17(14,15)12-6-4-9(16-2,5-7-12)8(10)11-13/h13H,3-7H2,1-2H3,(H2,10,11). The van der Waals surface area contributed by atoms with Gasteiger partial charge < -0.3 is 10.9 Å². The lowest BCUT2D eigenvalue weighted by Crippen LogP contribution is -2.51. The topological polar surface area (TPSA) is 96.0 Å². The van der Waals surface area contributed by atoms with Crippen LogP contribution in [-0.2, 0) is 10.0 Å². The summed E-state index contributed by atoms with van der Waals surface area (Å²) in [5.74, 6) is 0.293. The number of nitrogens with two attached hydrogens (primary N) is 1. The molecule has 1 fully saturated rings. The fraction of sp³-hybridized carbons (Fsp3) is 0.889. The molecule has 100 valence electrons. The lowest BCUT2D eigenvalue weighted by atomic mass is 9.96. The molecule has 0 atom stereocenters. The minimum Gasteiger partial charge on any atom is -0.409 e. The molecule has 0 amide bonds. The van der Waals surface area contributed by atoms with Gasteiger partial charge in [0.15, 0.2) is 5.84 Å². The molecule has 8 heteroatoms. The van der Waals surface area contributed by atoms with Gasteiger partial charge in [0, 0.05) is 13.1 Å². The van der Waals surface area contributed by atoms with Crippen LogP contribution in [0.2, 0.25) is 0 Å². The van der Waals surface area contributed by atoms with E-state index in [1.807, 2.05) is 6.26 Å². The summed E-state index contributed by atoms with van der Waals surface area (Å²) < 4.78 is 24.4. The van der Waals surface area contributed by atoms with Crippen LogP contribution in [-0.4, -0.2) is 53.6 Å². The molecule has 6 nitrogen and oxygen atoms in total. The van der Waals surface area contributed by atoms with E-state index in [0.717, 1.165) is 0 Å². The Morgan fingerprint density at radius 1 is 1.53 bits per heavy atom. The van der Waals surface area contributed by atoms with Gasteiger partial charge in [-0.3, -0.25) is 0 Å². The molecule has 1 rings (SSSR count). The number of piperidine rings is 1.